The topological polar surface area (TPSA) is 17.8 Å². The van der Waals surface area contributed by atoms with Crippen LogP contribution in [0.2, 0.25) is 5.02 Å². The van der Waals surface area contributed by atoms with Gasteiger partial charge in [-0.05, 0) is 40.5 Å². The number of benzene rings is 1. The minimum Gasteiger partial charge on any atom is -0.238 e. The van der Waals surface area contributed by atoms with Gasteiger partial charge in [-0.25, -0.2) is 4.68 Å². The first-order chi connectivity index (χ1) is 7.61. The van der Waals surface area contributed by atoms with E-state index in [0.29, 0.717) is 5.02 Å². The second-order valence-corrected chi connectivity index (χ2v) is 5.25. The van der Waals surface area contributed by atoms with E-state index in [1.165, 1.54) is 5.56 Å². The molecule has 0 fully saturated rings. The van der Waals surface area contributed by atoms with Gasteiger partial charge in [0.15, 0.2) is 0 Å². The van der Waals surface area contributed by atoms with Gasteiger partial charge in [0.05, 0.1) is 16.4 Å². The Morgan fingerprint density at radius 3 is 2.69 bits per heavy atom. The van der Waals surface area contributed by atoms with Crippen LogP contribution in [0.3, 0.4) is 0 Å². The maximum atomic E-state index is 5.98. The zero-order valence-corrected chi connectivity index (χ0v) is 12.5. The molecule has 0 aliphatic carbocycles. The highest BCUT2D eigenvalue weighted by Gasteiger charge is 2.07. The minimum absolute atomic E-state index is 0.677. The molecule has 0 aliphatic rings. The van der Waals surface area contributed by atoms with Crippen LogP contribution in [0.1, 0.15) is 11.3 Å². The van der Waals surface area contributed by atoms with E-state index in [0.717, 1.165) is 21.2 Å². The van der Waals surface area contributed by atoms with E-state index >= 15 is 0 Å². The van der Waals surface area contributed by atoms with Crippen molar-refractivity contribution in [2.45, 2.75) is 12.3 Å². The first-order valence-electron chi connectivity index (χ1n) is 4.68. The molecule has 0 atom stereocenters. The first-order valence-corrected chi connectivity index (χ1v) is 6.97. The highest BCUT2D eigenvalue weighted by atomic mass is 79.9. The molecule has 0 aliphatic heterocycles. The van der Waals surface area contributed by atoms with Gasteiger partial charge in [-0.3, -0.25) is 0 Å². The smallest absolute Gasteiger partial charge is 0.0819 e. The van der Waals surface area contributed by atoms with E-state index in [2.05, 4.69) is 49.1 Å². The Morgan fingerprint density at radius 2 is 2.19 bits per heavy atom. The van der Waals surface area contributed by atoms with Crippen LogP contribution in [0.25, 0.3) is 5.69 Å². The Balaban J connectivity index is 2.48. The summed E-state index contributed by atoms with van der Waals surface area (Å²) < 4.78 is 2.78. The van der Waals surface area contributed by atoms with Gasteiger partial charge < -0.3 is 0 Å². The summed E-state index contributed by atoms with van der Waals surface area (Å²) in [6, 6.07) is 6.14. The maximum absolute atomic E-state index is 5.98. The third-order valence-electron chi connectivity index (χ3n) is 2.25. The van der Waals surface area contributed by atoms with Crippen molar-refractivity contribution in [3.63, 3.8) is 0 Å². The van der Waals surface area contributed by atoms with Crippen molar-refractivity contribution in [3.05, 3.63) is 45.1 Å². The minimum atomic E-state index is 0.677. The van der Waals surface area contributed by atoms with Crippen molar-refractivity contribution in [1.29, 1.82) is 0 Å². The third-order valence-corrected chi connectivity index (χ3v) is 3.91. The summed E-state index contributed by atoms with van der Waals surface area (Å²) in [5, 5.41) is 5.86. The van der Waals surface area contributed by atoms with Crippen molar-refractivity contribution in [2.75, 3.05) is 0 Å². The summed E-state index contributed by atoms with van der Waals surface area (Å²) in [6.45, 7) is 1.89. The number of rotatable bonds is 2. The lowest BCUT2D eigenvalue weighted by Gasteiger charge is -2.05. The van der Waals surface area contributed by atoms with E-state index in [1.807, 2.05) is 19.2 Å². The molecule has 0 unspecified atom stereocenters. The fourth-order valence-electron chi connectivity index (χ4n) is 1.38. The van der Waals surface area contributed by atoms with E-state index in [9.17, 15) is 0 Å². The van der Waals surface area contributed by atoms with Crippen LogP contribution in [0.4, 0.5) is 0 Å². The van der Waals surface area contributed by atoms with Crippen LogP contribution in [-0.2, 0) is 5.33 Å². The molecule has 0 N–H and O–H groups in total. The molecule has 0 bridgehead atoms. The van der Waals surface area contributed by atoms with Crippen molar-refractivity contribution < 1.29 is 0 Å². The normalized spacial score (nSPS) is 10.8. The van der Waals surface area contributed by atoms with Crippen LogP contribution in [0, 0.1) is 6.92 Å². The van der Waals surface area contributed by atoms with Gasteiger partial charge in [0, 0.05) is 16.0 Å². The molecule has 1 heterocycles. The monoisotopic (exact) mass is 362 g/mol. The third kappa shape index (κ3) is 2.34. The largest absolute Gasteiger partial charge is 0.238 e. The second kappa shape index (κ2) is 4.90. The van der Waals surface area contributed by atoms with Gasteiger partial charge in [0.25, 0.3) is 0 Å². The molecule has 5 heteroatoms. The van der Waals surface area contributed by atoms with Crippen LogP contribution < -0.4 is 0 Å². The molecule has 2 aromatic rings. The average molecular weight is 364 g/mol. The van der Waals surface area contributed by atoms with Gasteiger partial charge in [-0.1, -0.05) is 33.6 Å². The summed E-state index contributed by atoms with van der Waals surface area (Å²) in [7, 11) is 0. The fourth-order valence-corrected chi connectivity index (χ4v) is 2.47. The molecule has 0 radical (unpaired) electrons. The zero-order chi connectivity index (χ0) is 11.7. The highest BCUT2D eigenvalue weighted by molar-refractivity contribution is 9.10. The summed E-state index contributed by atoms with van der Waals surface area (Å²) in [5.74, 6) is 0. The van der Waals surface area contributed by atoms with Gasteiger partial charge in [0.2, 0.25) is 0 Å². The number of hydrogen-bond acceptors (Lipinski definition) is 1. The Kier molecular flexibility index (Phi) is 3.72. The second-order valence-electron chi connectivity index (χ2n) is 3.43. The molecule has 0 saturated carbocycles. The molecule has 84 valence electrons. The van der Waals surface area contributed by atoms with Gasteiger partial charge in [0.1, 0.15) is 0 Å². The molecule has 2 nitrogen and oxygen atoms in total. The molecule has 1 aromatic heterocycles. The molecular weight excluding hydrogens is 355 g/mol. The van der Waals surface area contributed by atoms with E-state index in [1.54, 1.807) is 4.68 Å². The molecule has 0 spiro atoms. The van der Waals surface area contributed by atoms with E-state index in [-0.39, 0.29) is 0 Å². The van der Waals surface area contributed by atoms with Gasteiger partial charge in [-0.2, -0.15) is 5.10 Å². The number of halogens is 3. The number of hydrogen-bond donors (Lipinski definition) is 0. The number of nitrogens with zero attached hydrogens (tertiary/aromatic N) is 2. The first kappa shape index (κ1) is 12.1. The van der Waals surface area contributed by atoms with Crippen LogP contribution in [0.15, 0.2) is 28.9 Å². The van der Waals surface area contributed by atoms with E-state index < -0.39 is 0 Å². The molecule has 16 heavy (non-hydrogen) atoms. The van der Waals surface area contributed by atoms with Crippen molar-refractivity contribution in [1.82, 2.24) is 9.78 Å². The standard InChI is InChI=1S/C11H9Br2ClN2/c1-7-10(14)6-16(15-7)11-3-2-8(5-12)4-9(11)13/h2-4,6H,5H2,1H3. The molecule has 1 aromatic carbocycles. The number of aromatic nitrogens is 2. The Labute approximate surface area is 116 Å². The van der Waals surface area contributed by atoms with Crippen molar-refractivity contribution >= 4 is 43.5 Å². The van der Waals surface area contributed by atoms with Crippen LogP contribution in [0.5, 0.6) is 0 Å². The Morgan fingerprint density at radius 1 is 1.44 bits per heavy atom. The van der Waals surface area contributed by atoms with Crippen molar-refractivity contribution in [2.24, 2.45) is 0 Å². The summed E-state index contributed by atoms with van der Waals surface area (Å²) in [4.78, 5) is 0. The Hall–Kier alpha value is -0.320. The van der Waals surface area contributed by atoms with Crippen molar-refractivity contribution in [3.8, 4) is 5.69 Å². The predicted octanol–water partition coefficient (Wildman–Crippen LogP) is 4.49. The zero-order valence-electron chi connectivity index (χ0n) is 8.54. The molecule has 2 rings (SSSR count). The Bertz CT molecular complexity index is 503. The summed E-state index contributed by atoms with van der Waals surface area (Å²) >= 11 is 12.9. The van der Waals surface area contributed by atoms with Crippen LogP contribution in [-0.4, -0.2) is 9.78 Å². The molecule has 0 saturated heterocycles. The number of alkyl halides is 1. The van der Waals surface area contributed by atoms with E-state index in [4.69, 9.17) is 11.6 Å². The maximum Gasteiger partial charge on any atom is 0.0819 e. The van der Waals surface area contributed by atoms with Gasteiger partial charge in [-0.15, -0.1) is 0 Å². The average Bonchev–Trinajstić information content (AvgIpc) is 2.58. The lowest BCUT2D eigenvalue weighted by Crippen LogP contribution is -1.96. The number of aryl methyl sites for hydroxylation is 1. The summed E-state index contributed by atoms with van der Waals surface area (Å²) in [6.07, 6.45) is 1.81. The molecule has 0 amide bonds. The lowest BCUT2D eigenvalue weighted by molar-refractivity contribution is 0.858. The molecular formula is C11H9Br2ClN2. The summed E-state index contributed by atoms with van der Waals surface area (Å²) in [5.41, 5.74) is 3.03. The lowest BCUT2D eigenvalue weighted by atomic mass is 10.2. The fraction of sp³-hybridized carbons (Fsp3) is 0.182. The van der Waals surface area contributed by atoms with Gasteiger partial charge >= 0.3 is 0 Å². The highest BCUT2D eigenvalue weighted by Crippen LogP contribution is 2.25. The predicted molar refractivity (Wildman–Crippen MR) is 73.6 cm³/mol. The quantitative estimate of drug-likeness (QED) is 0.718. The SMILES string of the molecule is Cc1nn(-c2ccc(CBr)cc2Br)cc1Cl. The van der Waals surface area contributed by atoms with Crippen LogP contribution >= 0.6 is 43.5 Å².